The van der Waals surface area contributed by atoms with Gasteiger partial charge in [-0.05, 0) is 19.5 Å². The Hall–Kier alpha value is -1.95. The monoisotopic (exact) mass is 233 g/mol. The summed E-state index contributed by atoms with van der Waals surface area (Å²) in [5.41, 5.74) is 1.83. The lowest BCUT2D eigenvalue weighted by atomic mass is 10.4. The van der Waals surface area contributed by atoms with Gasteiger partial charge >= 0.3 is 0 Å². The largest absolute Gasteiger partial charge is 0.417 e. The van der Waals surface area contributed by atoms with Crippen LogP contribution in [-0.4, -0.2) is 26.9 Å². The highest BCUT2D eigenvalue weighted by Gasteiger charge is 2.03. The predicted molar refractivity (Wildman–Crippen MR) is 62.8 cm³/mol. The maximum atomic E-state index is 5.42. The van der Waals surface area contributed by atoms with Crippen molar-refractivity contribution in [1.29, 1.82) is 0 Å². The van der Waals surface area contributed by atoms with Gasteiger partial charge < -0.3 is 10.1 Å². The molecule has 0 radical (unpaired) electrons. The van der Waals surface area contributed by atoms with Crippen molar-refractivity contribution in [2.75, 3.05) is 6.54 Å². The average Bonchev–Trinajstić information content (AvgIpc) is 2.74. The van der Waals surface area contributed by atoms with Crippen LogP contribution in [0.1, 0.15) is 18.3 Å². The van der Waals surface area contributed by atoms with E-state index in [1.54, 1.807) is 12.1 Å². The van der Waals surface area contributed by atoms with Crippen LogP contribution < -0.4 is 10.1 Å². The van der Waals surface area contributed by atoms with Crippen LogP contribution in [0.15, 0.2) is 18.2 Å². The van der Waals surface area contributed by atoms with E-state index in [4.69, 9.17) is 4.74 Å². The van der Waals surface area contributed by atoms with E-state index in [1.807, 2.05) is 19.9 Å². The summed E-state index contributed by atoms with van der Waals surface area (Å²) in [6.45, 7) is 5.58. The number of aromatic nitrogens is 4. The molecule has 0 fully saturated rings. The van der Waals surface area contributed by atoms with E-state index < -0.39 is 0 Å². The number of aromatic amines is 1. The summed E-state index contributed by atoms with van der Waals surface area (Å²) in [5, 5.41) is 17.9. The van der Waals surface area contributed by atoms with Gasteiger partial charge in [0.1, 0.15) is 0 Å². The fourth-order valence-corrected chi connectivity index (χ4v) is 1.30. The van der Waals surface area contributed by atoms with Crippen LogP contribution >= 0.6 is 0 Å². The van der Waals surface area contributed by atoms with Crippen molar-refractivity contribution >= 4 is 0 Å². The van der Waals surface area contributed by atoms with Gasteiger partial charge in [0.15, 0.2) is 0 Å². The first-order valence-electron chi connectivity index (χ1n) is 5.51. The Kier molecular flexibility index (Phi) is 3.66. The highest BCUT2D eigenvalue weighted by molar-refractivity contribution is 5.20. The third-order valence-electron chi connectivity index (χ3n) is 2.14. The molecule has 0 saturated carbocycles. The van der Waals surface area contributed by atoms with E-state index in [0.29, 0.717) is 18.3 Å². The Morgan fingerprint density at radius 3 is 2.76 bits per heavy atom. The zero-order valence-corrected chi connectivity index (χ0v) is 9.90. The highest BCUT2D eigenvalue weighted by Crippen LogP contribution is 2.16. The van der Waals surface area contributed by atoms with E-state index in [2.05, 4.69) is 25.7 Å². The number of aryl methyl sites for hydroxylation is 1. The zero-order valence-electron chi connectivity index (χ0n) is 9.90. The number of H-pyrrole nitrogens is 1. The first-order chi connectivity index (χ1) is 8.28. The van der Waals surface area contributed by atoms with Crippen molar-refractivity contribution in [1.82, 2.24) is 25.7 Å². The standard InChI is InChI=1S/C11H15N5O/c1-3-12-7-9-4-5-10(15-14-9)17-11-6-8(2)13-16-11/h4-6,12H,3,7H2,1-2H3,(H,13,16). The Balaban J connectivity index is 1.98. The van der Waals surface area contributed by atoms with Crippen LogP contribution in [0.5, 0.6) is 11.8 Å². The molecule has 0 aliphatic carbocycles. The van der Waals surface area contributed by atoms with Gasteiger partial charge in [-0.3, -0.25) is 5.10 Å². The molecule has 0 atom stereocenters. The van der Waals surface area contributed by atoms with E-state index in [-0.39, 0.29) is 0 Å². The van der Waals surface area contributed by atoms with Gasteiger partial charge in [-0.1, -0.05) is 6.92 Å². The average molecular weight is 233 g/mol. The molecule has 2 aromatic rings. The van der Waals surface area contributed by atoms with Gasteiger partial charge in [0.25, 0.3) is 0 Å². The molecule has 17 heavy (non-hydrogen) atoms. The van der Waals surface area contributed by atoms with Gasteiger partial charge in [0.05, 0.1) is 5.69 Å². The van der Waals surface area contributed by atoms with Crippen LogP contribution in [0.2, 0.25) is 0 Å². The maximum Gasteiger partial charge on any atom is 0.240 e. The maximum absolute atomic E-state index is 5.42. The van der Waals surface area contributed by atoms with E-state index in [9.17, 15) is 0 Å². The zero-order chi connectivity index (χ0) is 12.1. The molecule has 0 saturated heterocycles. The van der Waals surface area contributed by atoms with E-state index in [0.717, 1.165) is 17.9 Å². The molecule has 0 aliphatic rings. The van der Waals surface area contributed by atoms with Crippen LogP contribution in [0.4, 0.5) is 0 Å². The molecule has 2 rings (SSSR count). The molecule has 0 bridgehead atoms. The number of nitrogens with zero attached hydrogens (tertiary/aromatic N) is 3. The minimum Gasteiger partial charge on any atom is -0.417 e. The smallest absolute Gasteiger partial charge is 0.240 e. The minimum absolute atomic E-state index is 0.441. The molecule has 2 N–H and O–H groups in total. The highest BCUT2D eigenvalue weighted by atomic mass is 16.5. The van der Waals surface area contributed by atoms with Gasteiger partial charge in [0, 0.05) is 24.4 Å². The summed E-state index contributed by atoms with van der Waals surface area (Å²) >= 11 is 0. The Bertz CT molecular complexity index is 465. The minimum atomic E-state index is 0.441. The molecular formula is C11H15N5O. The van der Waals surface area contributed by atoms with Crippen LogP contribution in [-0.2, 0) is 6.54 Å². The van der Waals surface area contributed by atoms with Gasteiger partial charge in [0.2, 0.25) is 11.8 Å². The number of nitrogens with one attached hydrogen (secondary N) is 2. The molecule has 90 valence electrons. The molecule has 0 aromatic carbocycles. The van der Waals surface area contributed by atoms with Gasteiger partial charge in [-0.15, -0.1) is 10.2 Å². The first kappa shape index (κ1) is 11.5. The van der Waals surface area contributed by atoms with Crippen LogP contribution in [0.3, 0.4) is 0 Å². The molecule has 2 heterocycles. The van der Waals surface area contributed by atoms with Crippen molar-refractivity contribution in [3.05, 3.63) is 29.6 Å². The lowest BCUT2D eigenvalue weighted by molar-refractivity contribution is 0.435. The third kappa shape index (κ3) is 3.25. The second-order valence-electron chi connectivity index (χ2n) is 3.63. The lowest BCUT2D eigenvalue weighted by Crippen LogP contribution is -2.13. The fraction of sp³-hybridized carbons (Fsp3) is 0.364. The second kappa shape index (κ2) is 5.40. The predicted octanol–water partition coefficient (Wildman–Crippen LogP) is 1.41. The Labute approximate surface area is 99.4 Å². The summed E-state index contributed by atoms with van der Waals surface area (Å²) < 4.78 is 5.42. The lowest BCUT2D eigenvalue weighted by Gasteiger charge is -2.02. The van der Waals surface area contributed by atoms with Crippen molar-refractivity contribution in [2.45, 2.75) is 20.4 Å². The van der Waals surface area contributed by atoms with Crippen LogP contribution in [0, 0.1) is 6.92 Å². The normalized spacial score (nSPS) is 10.5. The quantitative estimate of drug-likeness (QED) is 0.816. The first-order valence-corrected chi connectivity index (χ1v) is 5.51. The molecule has 0 amide bonds. The van der Waals surface area contributed by atoms with Crippen molar-refractivity contribution < 1.29 is 4.74 Å². The Morgan fingerprint density at radius 2 is 2.18 bits per heavy atom. The summed E-state index contributed by atoms with van der Waals surface area (Å²) in [6, 6.07) is 5.46. The second-order valence-corrected chi connectivity index (χ2v) is 3.63. The fourth-order valence-electron chi connectivity index (χ4n) is 1.30. The third-order valence-corrected chi connectivity index (χ3v) is 2.14. The summed E-state index contributed by atoms with van der Waals surface area (Å²) in [5.74, 6) is 0.938. The Morgan fingerprint density at radius 1 is 1.29 bits per heavy atom. The summed E-state index contributed by atoms with van der Waals surface area (Å²) in [7, 11) is 0. The number of ether oxygens (including phenoxy) is 1. The molecule has 6 heteroatoms. The van der Waals surface area contributed by atoms with Crippen molar-refractivity contribution in [3.63, 3.8) is 0 Å². The van der Waals surface area contributed by atoms with Crippen molar-refractivity contribution in [3.8, 4) is 11.8 Å². The molecule has 6 nitrogen and oxygen atoms in total. The van der Waals surface area contributed by atoms with E-state index >= 15 is 0 Å². The molecule has 0 unspecified atom stereocenters. The topological polar surface area (TPSA) is 75.7 Å². The number of hydrogen-bond acceptors (Lipinski definition) is 5. The number of hydrogen-bond donors (Lipinski definition) is 2. The summed E-state index contributed by atoms with van der Waals surface area (Å²) in [4.78, 5) is 0. The molecule has 2 aromatic heterocycles. The van der Waals surface area contributed by atoms with Gasteiger partial charge in [-0.2, -0.15) is 5.10 Å². The molecular weight excluding hydrogens is 218 g/mol. The SMILES string of the molecule is CCNCc1ccc(Oc2cc(C)[nH]n2)nn1. The number of rotatable bonds is 5. The molecule has 0 aliphatic heterocycles. The molecule has 0 spiro atoms. The van der Waals surface area contributed by atoms with E-state index in [1.165, 1.54) is 0 Å². The van der Waals surface area contributed by atoms with Crippen LogP contribution in [0.25, 0.3) is 0 Å². The van der Waals surface area contributed by atoms with Crippen molar-refractivity contribution in [2.24, 2.45) is 0 Å². The van der Waals surface area contributed by atoms with Gasteiger partial charge in [-0.25, -0.2) is 0 Å². The summed E-state index contributed by atoms with van der Waals surface area (Å²) in [6.07, 6.45) is 0.